The molecule has 1 aromatic rings. The molecule has 1 aliphatic heterocycles. The molecule has 0 unspecified atom stereocenters. The Kier molecular flexibility index (Phi) is 2.62. The van der Waals surface area contributed by atoms with Gasteiger partial charge in [-0.1, -0.05) is 24.5 Å². The van der Waals surface area contributed by atoms with Crippen molar-refractivity contribution in [3.05, 3.63) is 23.8 Å². The molecule has 2 nitrogen and oxygen atoms in total. The van der Waals surface area contributed by atoms with E-state index in [1.807, 2.05) is 18.0 Å². The highest BCUT2D eigenvalue weighted by molar-refractivity contribution is 7.97. The Balaban J connectivity index is 2.25. The number of fused-ring (bicyclic) bond motifs is 1. The maximum Gasteiger partial charge on any atom is 0.304 e. The van der Waals surface area contributed by atoms with Crippen LogP contribution < -0.4 is 5.46 Å². The molecule has 1 heterocycles. The second kappa shape index (κ2) is 3.74. The van der Waals surface area contributed by atoms with Gasteiger partial charge in [-0.2, -0.15) is 0 Å². The Hall–Kier alpha value is -0.445. The SMILES string of the molecule is CCN1Cc2cc(BO)ccc2S1. The Morgan fingerprint density at radius 3 is 3.15 bits per heavy atom. The maximum atomic E-state index is 8.97. The zero-order chi connectivity index (χ0) is 9.26. The van der Waals surface area contributed by atoms with Crippen LogP contribution >= 0.6 is 11.9 Å². The number of benzene rings is 1. The maximum absolute atomic E-state index is 8.97. The second-order valence-corrected chi connectivity index (χ2v) is 4.29. The molecule has 0 spiro atoms. The molecule has 0 aliphatic carbocycles. The van der Waals surface area contributed by atoms with E-state index >= 15 is 0 Å². The molecule has 2 rings (SSSR count). The van der Waals surface area contributed by atoms with Crippen molar-refractivity contribution < 1.29 is 5.02 Å². The Morgan fingerprint density at radius 2 is 2.46 bits per heavy atom. The van der Waals surface area contributed by atoms with Crippen LogP contribution in [-0.2, 0) is 6.54 Å². The fourth-order valence-electron chi connectivity index (χ4n) is 1.48. The lowest BCUT2D eigenvalue weighted by atomic mass is 9.88. The molecule has 4 heteroatoms. The Labute approximate surface area is 83.4 Å². The standard InChI is InChI=1S/C9H12BNOS/c1-2-11-6-7-5-8(10-12)3-4-9(7)13-11/h3-5,10,12H,2,6H2,1H3. The van der Waals surface area contributed by atoms with E-state index in [1.165, 1.54) is 10.5 Å². The Morgan fingerprint density at radius 1 is 1.62 bits per heavy atom. The smallest absolute Gasteiger partial charge is 0.304 e. The van der Waals surface area contributed by atoms with Crippen LogP contribution in [0.3, 0.4) is 0 Å². The third kappa shape index (κ3) is 1.75. The summed E-state index contributed by atoms with van der Waals surface area (Å²) >= 11 is 1.81. The lowest BCUT2D eigenvalue weighted by Gasteiger charge is -2.07. The van der Waals surface area contributed by atoms with Gasteiger partial charge in [0.2, 0.25) is 0 Å². The average molecular weight is 193 g/mol. The van der Waals surface area contributed by atoms with Gasteiger partial charge in [-0.25, -0.2) is 4.31 Å². The summed E-state index contributed by atoms with van der Waals surface area (Å²) in [5, 5.41) is 8.97. The van der Waals surface area contributed by atoms with Crippen molar-refractivity contribution in [1.29, 1.82) is 0 Å². The van der Waals surface area contributed by atoms with Crippen LogP contribution in [0.25, 0.3) is 0 Å². The average Bonchev–Trinajstić information content (AvgIpc) is 2.58. The van der Waals surface area contributed by atoms with Crippen molar-refractivity contribution in [2.24, 2.45) is 0 Å². The minimum atomic E-state index is 0.143. The van der Waals surface area contributed by atoms with Crippen molar-refractivity contribution in [3.8, 4) is 0 Å². The highest BCUT2D eigenvalue weighted by Crippen LogP contribution is 2.34. The van der Waals surface area contributed by atoms with E-state index in [2.05, 4.69) is 23.4 Å². The normalized spacial score (nSPS) is 15.8. The third-order valence-corrected chi connectivity index (χ3v) is 3.47. The molecule has 0 bridgehead atoms. The van der Waals surface area contributed by atoms with Crippen molar-refractivity contribution in [2.75, 3.05) is 6.54 Å². The van der Waals surface area contributed by atoms with E-state index < -0.39 is 0 Å². The van der Waals surface area contributed by atoms with Gasteiger partial charge in [-0.05, 0) is 23.6 Å². The molecular formula is C9H12BNOS. The molecule has 0 fully saturated rings. The summed E-state index contributed by atoms with van der Waals surface area (Å²) in [5.74, 6) is 0. The van der Waals surface area contributed by atoms with Crippen LogP contribution in [0.2, 0.25) is 0 Å². The summed E-state index contributed by atoms with van der Waals surface area (Å²) in [6, 6.07) is 6.18. The van der Waals surface area contributed by atoms with E-state index in [0.29, 0.717) is 0 Å². The fraction of sp³-hybridized carbons (Fsp3) is 0.333. The fourth-order valence-corrected chi connectivity index (χ4v) is 2.46. The quantitative estimate of drug-likeness (QED) is 0.546. The molecule has 0 amide bonds. The van der Waals surface area contributed by atoms with Crippen LogP contribution in [0.5, 0.6) is 0 Å². The molecule has 0 radical (unpaired) electrons. The highest BCUT2D eigenvalue weighted by Gasteiger charge is 2.18. The first-order valence-electron chi connectivity index (χ1n) is 4.49. The lowest BCUT2D eigenvalue weighted by molar-refractivity contribution is 0.507. The minimum Gasteiger partial charge on any atom is -0.449 e. The topological polar surface area (TPSA) is 23.5 Å². The van der Waals surface area contributed by atoms with Crippen LogP contribution in [0, 0.1) is 0 Å². The molecule has 13 heavy (non-hydrogen) atoms. The van der Waals surface area contributed by atoms with Gasteiger partial charge in [0.05, 0.1) is 0 Å². The van der Waals surface area contributed by atoms with Gasteiger partial charge in [0.15, 0.2) is 0 Å². The molecular weight excluding hydrogens is 181 g/mol. The molecule has 0 atom stereocenters. The molecule has 68 valence electrons. The zero-order valence-electron chi connectivity index (χ0n) is 7.66. The van der Waals surface area contributed by atoms with E-state index in [4.69, 9.17) is 5.02 Å². The first-order valence-corrected chi connectivity index (χ1v) is 5.26. The second-order valence-electron chi connectivity index (χ2n) is 3.15. The van der Waals surface area contributed by atoms with Crippen LogP contribution in [-0.4, -0.2) is 23.4 Å². The molecule has 0 saturated carbocycles. The van der Waals surface area contributed by atoms with Gasteiger partial charge >= 0.3 is 7.48 Å². The predicted octanol–water partition coefficient (Wildman–Crippen LogP) is 0.498. The number of hydrogen-bond donors (Lipinski definition) is 1. The van der Waals surface area contributed by atoms with Gasteiger partial charge in [0, 0.05) is 18.0 Å². The van der Waals surface area contributed by atoms with Crippen LogP contribution in [0.15, 0.2) is 23.1 Å². The highest BCUT2D eigenvalue weighted by atomic mass is 32.2. The van der Waals surface area contributed by atoms with E-state index in [1.54, 1.807) is 0 Å². The number of nitrogens with zero attached hydrogens (tertiary/aromatic N) is 1. The summed E-state index contributed by atoms with van der Waals surface area (Å²) in [6.45, 7) is 4.23. The van der Waals surface area contributed by atoms with E-state index in [-0.39, 0.29) is 7.48 Å². The van der Waals surface area contributed by atoms with Crippen molar-refractivity contribution in [1.82, 2.24) is 4.31 Å². The van der Waals surface area contributed by atoms with E-state index in [0.717, 1.165) is 18.6 Å². The minimum absolute atomic E-state index is 0.143. The van der Waals surface area contributed by atoms with Gasteiger partial charge in [0.1, 0.15) is 0 Å². The van der Waals surface area contributed by atoms with Gasteiger partial charge < -0.3 is 5.02 Å². The van der Waals surface area contributed by atoms with Gasteiger partial charge in [0.25, 0.3) is 0 Å². The monoisotopic (exact) mass is 193 g/mol. The van der Waals surface area contributed by atoms with Crippen LogP contribution in [0.1, 0.15) is 12.5 Å². The molecule has 1 aromatic carbocycles. The molecule has 0 aromatic heterocycles. The van der Waals surface area contributed by atoms with Gasteiger partial charge in [-0.3, -0.25) is 0 Å². The van der Waals surface area contributed by atoms with Crippen molar-refractivity contribution >= 4 is 24.9 Å². The summed E-state index contributed by atoms with van der Waals surface area (Å²) in [4.78, 5) is 1.33. The van der Waals surface area contributed by atoms with Crippen LogP contribution in [0.4, 0.5) is 0 Å². The summed E-state index contributed by atoms with van der Waals surface area (Å²) in [6.07, 6.45) is 0. The number of hydrogen-bond acceptors (Lipinski definition) is 3. The molecule has 1 N–H and O–H groups in total. The number of rotatable bonds is 2. The first-order chi connectivity index (χ1) is 6.33. The largest absolute Gasteiger partial charge is 0.449 e. The summed E-state index contributed by atoms with van der Waals surface area (Å²) in [5.41, 5.74) is 2.36. The first kappa shape index (κ1) is 9.12. The molecule has 0 saturated heterocycles. The molecule has 1 aliphatic rings. The lowest BCUT2D eigenvalue weighted by Crippen LogP contribution is -2.14. The Bertz CT molecular complexity index is 318. The van der Waals surface area contributed by atoms with Crippen molar-refractivity contribution in [3.63, 3.8) is 0 Å². The van der Waals surface area contributed by atoms with E-state index in [9.17, 15) is 0 Å². The predicted molar refractivity (Wildman–Crippen MR) is 57.4 cm³/mol. The zero-order valence-corrected chi connectivity index (χ0v) is 8.47. The summed E-state index contributed by atoms with van der Waals surface area (Å²) in [7, 11) is 0.143. The van der Waals surface area contributed by atoms with Crippen molar-refractivity contribution in [2.45, 2.75) is 18.4 Å². The van der Waals surface area contributed by atoms with Gasteiger partial charge in [-0.15, -0.1) is 0 Å². The summed E-state index contributed by atoms with van der Waals surface area (Å²) < 4.78 is 2.31. The third-order valence-electron chi connectivity index (χ3n) is 2.23.